The summed E-state index contributed by atoms with van der Waals surface area (Å²) in [7, 11) is 0. The highest BCUT2D eigenvalue weighted by Crippen LogP contribution is 2.33. The molecule has 0 saturated heterocycles. The zero-order valence-corrected chi connectivity index (χ0v) is 22.7. The van der Waals surface area contributed by atoms with Gasteiger partial charge in [0.15, 0.2) is 0 Å². The van der Waals surface area contributed by atoms with Gasteiger partial charge in [-0.25, -0.2) is 4.79 Å². The lowest BCUT2D eigenvalue weighted by molar-refractivity contribution is -0.274. The van der Waals surface area contributed by atoms with E-state index in [0.717, 1.165) is 30.5 Å². The molecule has 1 aliphatic rings. The van der Waals surface area contributed by atoms with E-state index in [-0.39, 0.29) is 30.8 Å². The zero-order chi connectivity index (χ0) is 30.1. The average Bonchev–Trinajstić information content (AvgIpc) is 2.96. The van der Waals surface area contributed by atoms with Crippen LogP contribution < -0.4 is 19.7 Å². The quantitative estimate of drug-likeness (QED) is 0.265. The summed E-state index contributed by atoms with van der Waals surface area (Å²) in [5.41, 5.74) is 2.68. The van der Waals surface area contributed by atoms with Gasteiger partial charge < -0.3 is 19.9 Å². The van der Waals surface area contributed by atoms with Crippen LogP contribution in [0.15, 0.2) is 72.8 Å². The maximum absolute atomic E-state index is 13.4. The summed E-state index contributed by atoms with van der Waals surface area (Å²) in [4.78, 5) is 37.7. The fourth-order valence-corrected chi connectivity index (χ4v) is 4.84. The zero-order valence-electron chi connectivity index (χ0n) is 22.7. The molecular formula is C31H31F3N2O6. The molecule has 2 N–H and O–H groups in total. The standard InChI is InChI=1S/C31H31F3N2O6/c32-31(33,34)42-27-8-4-7-26(19-27)41-30(40)36(20-21-9-11-23(12-10-21)22-5-2-1-3-6-22)25-15-13-24(14-16-25)29(39)35-18-17-28(37)38/h4,7-16,19,22H,1-3,5-6,17-18,20H2,(H,35,39)(H,37,38). The number of carbonyl (C=O) groups is 3. The molecule has 0 spiro atoms. The van der Waals surface area contributed by atoms with Crippen LogP contribution in [0.2, 0.25) is 0 Å². The van der Waals surface area contributed by atoms with Gasteiger partial charge in [0.1, 0.15) is 11.5 Å². The number of rotatable bonds is 10. The molecule has 1 aliphatic carbocycles. The number of amides is 2. The lowest BCUT2D eigenvalue weighted by Crippen LogP contribution is -2.33. The molecule has 42 heavy (non-hydrogen) atoms. The number of nitrogens with one attached hydrogen (secondary N) is 1. The van der Waals surface area contributed by atoms with Gasteiger partial charge in [-0.1, -0.05) is 49.6 Å². The van der Waals surface area contributed by atoms with E-state index in [2.05, 4.69) is 22.2 Å². The van der Waals surface area contributed by atoms with E-state index in [1.54, 1.807) is 0 Å². The normalized spacial score (nSPS) is 13.7. The van der Waals surface area contributed by atoms with Crippen LogP contribution in [0, 0.1) is 0 Å². The number of aliphatic carboxylic acids is 1. The molecule has 3 aromatic carbocycles. The van der Waals surface area contributed by atoms with Crippen molar-refractivity contribution in [3.63, 3.8) is 0 Å². The SMILES string of the molecule is O=C(O)CCNC(=O)c1ccc(N(Cc2ccc(C3CCCCC3)cc2)C(=O)Oc2cccc(OC(F)(F)F)c2)cc1. The number of carboxylic acids is 1. The van der Waals surface area contributed by atoms with Crippen LogP contribution in [0.4, 0.5) is 23.7 Å². The Labute approximate surface area is 241 Å². The lowest BCUT2D eigenvalue weighted by atomic mass is 9.84. The average molecular weight is 585 g/mol. The summed E-state index contributed by atoms with van der Waals surface area (Å²) >= 11 is 0. The van der Waals surface area contributed by atoms with E-state index >= 15 is 0 Å². The molecule has 11 heteroatoms. The van der Waals surface area contributed by atoms with Gasteiger partial charge in [-0.05, 0) is 66.3 Å². The van der Waals surface area contributed by atoms with Crippen molar-refractivity contribution in [1.29, 1.82) is 0 Å². The number of hydrogen-bond acceptors (Lipinski definition) is 5. The first kappa shape index (κ1) is 30.4. The third-order valence-corrected chi connectivity index (χ3v) is 6.93. The van der Waals surface area contributed by atoms with Crippen molar-refractivity contribution in [3.05, 3.63) is 89.5 Å². The van der Waals surface area contributed by atoms with Gasteiger partial charge in [0.2, 0.25) is 0 Å². The Morgan fingerprint density at radius 1 is 0.905 bits per heavy atom. The summed E-state index contributed by atoms with van der Waals surface area (Å²) in [5, 5.41) is 11.3. The first-order valence-corrected chi connectivity index (χ1v) is 13.6. The van der Waals surface area contributed by atoms with Gasteiger partial charge in [0.05, 0.1) is 13.0 Å². The fourth-order valence-electron chi connectivity index (χ4n) is 4.84. The number of hydrogen-bond donors (Lipinski definition) is 2. The second kappa shape index (κ2) is 13.9. The predicted octanol–water partition coefficient (Wildman–Crippen LogP) is 7.04. The molecule has 1 fully saturated rings. The van der Waals surface area contributed by atoms with Crippen LogP contribution in [0.25, 0.3) is 0 Å². The molecule has 4 rings (SSSR count). The number of ether oxygens (including phenoxy) is 2. The number of carbonyl (C=O) groups excluding carboxylic acids is 2. The van der Waals surface area contributed by atoms with Gasteiger partial charge in [-0.3, -0.25) is 14.5 Å². The minimum atomic E-state index is -4.90. The van der Waals surface area contributed by atoms with Crippen molar-refractivity contribution < 1.29 is 42.1 Å². The summed E-state index contributed by atoms with van der Waals surface area (Å²) in [6.07, 6.45) is -0.0352. The minimum Gasteiger partial charge on any atom is -0.481 e. The number of alkyl halides is 3. The Morgan fingerprint density at radius 3 is 2.21 bits per heavy atom. The summed E-state index contributed by atoms with van der Waals surface area (Å²) in [6.45, 7) is 0.0506. The molecular weight excluding hydrogens is 553 g/mol. The first-order valence-electron chi connectivity index (χ1n) is 13.6. The van der Waals surface area contributed by atoms with Gasteiger partial charge in [-0.15, -0.1) is 13.2 Å². The molecule has 0 atom stereocenters. The van der Waals surface area contributed by atoms with E-state index in [1.807, 2.05) is 12.1 Å². The third-order valence-electron chi connectivity index (χ3n) is 6.93. The van der Waals surface area contributed by atoms with Gasteiger partial charge in [0, 0.05) is 23.9 Å². The number of benzene rings is 3. The van der Waals surface area contributed by atoms with Crippen molar-refractivity contribution in [2.75, 3.05) is 11.4 Å². The Bertz CT molecular complexity index is 1370. The highest BCUT2D eigenvalue weighted by atomic mass is 19.4. The van der Waals surface area contributed by atoms with Crippen LogP contribution in [0.1, 0.15) is 65.9 Å². The Balaban J connectivity index is 1.53. The molecule has 2 amide bonds. The van der Waals surface area contributed by atoms with Crippen LogP contribution in [0.3, 0.4) is 0 Å². The molecule has 1 saturated carbocycles. The molecule has 222 valence electrons. The number of anilines is 1. The van der Waals surface area contributed by atoms with Crippen molar-refractivity contribution >= 4 is 23.7 Å². The molecule has 0 radical (unpaired) electrons. The summed E-state index contributed by atoms with van der Waals surface area (Å²) in [6, 6.07) is 18.7. The Kier molecular flexibility index (Phi) is 10.1. The molecule has 0 aromatic heterocycles. The highest BCUT2D eigenvalue weighted by Gasteiger charge is 2.31. The van der Waals surface area contributed by atoms with E-state index in [4.69, 9.17) is 9.84 Å². The smallest absolute Gasteiger partial charge is 0.481 e. The number of nitrogens with zero attached hydrogens (tertiary/aromatic N) is 1. The summed E-state index contributed by atoms with van der Waals surface area (Å²) in [5.74, 6) is -1.68. The molecule has 8 nitrogen and oxygen atoms in total. The second-order valence-corrected chi connectivity index (χ2v) is 10.00. The van der Waals surface area contributed by atoms with Crippen LogP contribution in [0.5, 0.6) is 11.5 Å². The van der Waals surface area contributed by atoms with Crippen LogP contribution >= 0.6 is 0 Å². The Hall–Kier alpha value is -4.54. The maximum Gasteiger partial charge on any atom is 0.573 e. The minimum absolute atomic E-state index is 0.0393. The lowest BCUT2D eigenvalue weighted by Gasteiger charge is -2.24. The largest absolute Gasteiger partial charge is 0.573 e. The molecule has 0 unspecified atom stereocenters. The number of carboxylic acid groups (broad SMARTS) is 1. The Morgan fingerprint density at radius 2 is 1.57 bits per heavy atom. The topological polar surface area (TPSA) is 105 Å². The van der Waals surface area contributed by atoms with Crippen molar-refractivity contribution in [1.82, 2.24) is 5.32 Å². The predicted molar refractivity (Wildman–Crippen MR) is 149 cm³/mol. The number of halogens is 3. The van der Waals surface area contributed by atoms with Crippen molar-refractivity contribution in [3.8, 4) is 11.5 Å². The van der Waals surface area contributed by atoms with Crippen molar-refractivity contribution in [2.24, 2.45) is 0 Å². The monoisotopic (exact) mass is 584 g/mol. The van der Waals surface area contributed by atoms with E-state index < -0.39 is 30.1 Å². The maximum atomic E-state index is 13.4. The molecule has 0 bridgehead atoms. The molecule has 3 aromatic rings. The highest BCUT2D eigenvalue weighted by molar-refractivity contribution is 5.95. The van der Waals surface area contributed by atoms with Crippen LogP contribution in [-0.4, -0.2) is 36.0 Å². The summed E-state index contributed by atoms with van der Waals surface area (Å²) < 4.78 is 47.4. The second-order valence-electron chi connectivity index (χ2n) is 10.00. The van der Waals surface area contributed by atoms with E-state index in [0.29, 0.717) is 11.6 Å². The fraction of sp³-hybridized carbons (Fsp3) is 0.323. The van der Waals surface area contributed by atoms with Gasteiger partial charge in [-0.2, -0.15) is 0 Å². The van der Waals surface area contributed by atoms with E-state index in [1.165, 1.54) is 66.1 Å². The third kappa shape index (κ3) is 8.98. The van der Waals surface area contributed by atoms with Crippen LogP contribution in [-0.2, 0) is 11.3 Å². The van der Waals surface area contributed by atoms with Crippen molar-refractivity contribution in [2.45, 2.75) is 57.3 Å². The molecule has 0 aliphatic heterocycles. The van der Waals surface area contributed by atoms with Gasteiger partial charge in [0.25, 0.3) is 5.91 Å². The van der Waals surface area contributed by atoms with E-state index in [9.17, 15) is 27.6 Å². The molecule has 0 heterocycles. The van der Waals surface area contributed by atoms with Gasteiger partial charge >= 0.3 is 18.4 Å². The first-order chi connectivity index (χ1) is 20.1.